The molecule has 0 spiro atoms. The number of halogens is 1. The summed E-state index contributed by atoms with van der Waals surface area (Å²) in [5, 5.41) is 0.967. The molecule has 0 bridgehead atoms. The second-order valence-electron chi connectivity index (χ2n) is 8.65. The normalized spacial score (nSPS) is 13.6. The molecule has 3 aromatic carbocycles. The average Bonchev–Trinajstić information content (AvgIpc) is 2.94. The van der Waals surface area contributed by atoms with Crippen molar-refractivity contribution in [3.63, 3.8) is 0 Å². The Hall–Kier alpha value is -3.69. The zero-order chi connectivity index (χ0) is 25.8. The highest BCUT2D eigenvalue weighted by Crippen LogP contribution is 2.24. The first-order valence-electron chi connectivity index (χ1n) is 11.9. The van der Waals surface area contributed by atoms with Crippen LogP contribution in [0.4, 0.5) is 10.1 Å². The minimum absolute atomic E-state index is 0.0675. The average molecular weight is 520 g/mol. The summed E-state index contributed by atoms with van der Waals surface area (Å²) < 4.78 is 25.6. The molecule has 1 aliphatic rings. The maximum absolute atomic E-state index is 13.8. The third-order valence-corrected chi connectivity index (χ3v) is 7.25. The monoisotopic (exact) mass is 519 g/mol. The van der Waals surface area contributed by atoms with E-state index in [1.54, 1.807) is 11.7 Å². The summed E-state index contributed by atoms with van der Waals surface area (Å²) >= 11 is 1.20. The summed E-state index contributed by atoms with van der Waals surface area (Å²) in [5.74, 6) is 0.225. The van der Waals surface area contributed by atoms with Gasteiger partial charge < -0.3 is 14.4 Å². The van der Waals surface area contributed by atoms with Crippen molar-refractivity contribution in [1.29, 1.82) is 0 Å². The number of carbonyl (C=O) groups is 1. The van der Waals surface area contributed by atoms with Crippen LogP contribution in [-0.2, 0) is 11.3 Å². The van der Waals surface area contributed by atoms with Gasteiger partial charge in [-0.3, -0.25) is 14.2 Å². The highest BCUT2D eigenvalue weighted by molar-refractivity contribution is 7.99. The van der Waals surface area contributed by atoms with Gasteiger partial charge in [-0.2, -0.15) is 0 Å². The van der Waals surface area contributed by atoms with Crippen LogP contribution in [0.1, 0.15) is 15.9 Å². The number of fused-ring (bicyclic) bond motifs is 1. The molecule has 37 heavy (non-hydrogen) atoms. The molecule has 0 saturated carbocycles. The number of nitrogens with zero attached hydrogens (tertiary/aromatic N) is 3. The van der Waals surface area contributed by atoms with Gasteiger partial charge in [-0.05, 0) is 60.2 Å². The Morgan fingerprint density at radius 1 is 1.05 bits per heavy atom. The quantitative estimate of drug-likeness (QED) is 0.194. The second kappa shape index (κ2) is 11.1. The highest BCUT2D eigenvalue weighted by atomic mass is 32.2. The predicted octanol–water partition coefficient (Wildman–Crippen LogP) is 4.40. The molecule has 0 aliphatic carbocycles. The van der Waals surface area contributed by atoms with Gasteiger partial charge >= 0.3 is 0 Å². The minimum Gasteiger partial charge on any atom is -0.497 e. The van der Waals surface area contributed by atoms with Crippen LogP contribution >= 0.6 is 11.8 Å². The van der Waals surface area contributed by atoms with Crippen LogP contribution in [0.2, 0.25) is 0 Å². The Morgan fingerprint density at radius 3 is 2.49 bits per heavy atom. The number of hydrogen-bond acceptors (Lipinski definition) is 7. The second-order valence-corrected chi connectivity index (χ2v) is 9.60. The van der Waals surface area contributed by atoms with Gasteiger partial charge in [-0.15, -0.1) is 0 Å². The van der Waals surface area contributed by atoms with Crippen LogP contribution in [0, 0.1) is 5.82 Å². The van der Waals surface area contributed by atoms with E-state index < -0.39 is 5.82 Å². The zero-order valence-electron chi connectivity index (χ0n) is 20.4. The number of methoxy groups -OCH3 is 1. The van der Waals surface area contributed by atoms with E-state index in [4.69, 9.17) is 14.5 Å². The molecule has 4 aromatic rings. The lowest BCUT2D eigenvalue weighted by Gasteiger charge is -2.29. The van der Waals surface area contributed by atoms with Gasteiger partial charge in [-0.25, -0.2) is 9.37 Å². The van der Waals surface area contributed by atoms with Gasteiger partial charge in [0.15, 0.2) is 10.9 Å². The number of hydrogen-bond donors (Lipinski definition) is 0. The SMILES string of the molecule is COc1ccc(Cn2c(SCC(=O)c3ccc(F)cc3)nc3ccc(N4CCOCC4)cc3c2=O)cc1. The maximum atomic E-state index is 13.8. The van der Waals surface area contributed by atoms with Crippen LogP contribution in [0.5, 0.6) is 5.75 Å². The van der Waals surface area contributed by atoms with Crippen LogP contribution in [0.25, 0.3) is 10.9 Å². The molecule has 2 heterocycles. The molecule has 1 fully saturated rings. The Morgan fingerprint density at radius 2 is 1.78 bits per heavy atom. The summed E-state index contributed by atoms with van der Waals surface area (Å²) in [4.78, 5) is 33.5. The van der Waals surface area contributed by atoms with Crippen molar-refractivity contribution in [3.05, 3.63) is 94.0 Å². The van der Waals surface area contributed by atoms with Gasteiger partial charge in [0.25, 0.3) is 5.56 Å². The third-order valence-electron chi connectivity index (χ3n) is 6.28. The van der Waals surface area contributed by atoms with Gasteiger partial charge in [0.1, 0.15) is 11.6 Å². The van der Waals surface area contributed by atoms with E-state index >= 15 is 0 Å². The molecular weight excluding hydrogens is 493 g/mol. The predicted molar refractivity (Wildman–Crippen MR) is 143 cm³/mol. The standard InChI is InChI=1S/C28H26FN3O4S/c1-35-23-9-2-19(3-10-23)17-32-27(34)24-16-22(31-12-14-36-15-13-31)8-11-25(24)30-28(32)37-18-26(33)20-4-6-21(29)7-5-20/h2-11,16H,12-15,17-18H2,1H3. The van der Waals surface area contributed by atoms with Gasteiger partial charge in [-0.1, -0.05) is 23.9 Å². The maximum Gasteiger partial charge on any atom is 0.262 e. The first-order valence-corrected chi connectivity index (χ1v) is 12.9. The largest absolute Gasteiger partial charge is 0.497 e. The third kappa shape index (κ3) is 5.68. The summed E-state index contributed by atoms with van der Waals surface area (Å²) in [6.45, 7) is 3.11. The number of Topliss-reactive ketones (excluding diaryl/α,β-unsaturated/α-hetero) is 1. The smallest absolute Gasteiger partial charge is 0.262 e. The van der Waals surface area contributed by atoms with Crippen LogP contribution in [0.15, 0.2) is 76.7 Å². The molecule has 1 aliphatic heterocycles. The molecule has 5 rings (SSSR count). The molecule has 1 aromatic heterocycles. The van der Waals surface area contributed by atoms with E-state index in [1.807, 2.05) is 42.5 Å². The van der Waals surface area contributed by atoms with Crippen molar-refractivity contribution in [2.75, 3.05) is 44.1 Å². The van der Waals surface area contributed by atoms with Crippen molar-refractivity contribution in [3.8, 4) is 5.75 Å². The van der Waals surface area contributed by atoms with Crippen LogP contribution < -0.4 is 15.2 Å². The lowest BCUT2D eigenvalue weighted by Crippen LogP contribution is -2.36. The number of aromatic nitrogens is 2. The molecule has 0 radical (unpaired) electrons. The summed E-state index contributed by atoms with van der Waals surface area (Å²) in [7, 11) is 1.60. The molecule has 0 atom stereocenters. The first kappa shape index (κ1) is 25.0. The number of ketones is 1. The molecule has 0 unspecified atom stereocenters. The number of thioether (sulfide) groups is 1. The minimum atomic E-state index is -0.398. The molecule has 1 saturated heterocycles. The van der Waals surface area contributed by atoms with E-state index in [9.17, 15) is 14.0 Å². The Labute approximate surface area is 217 Å². The number of ether oxygens (including phenoxy) is 2. The fourth-order valence-electron chi connectivity index (χ4n) is 4.22. The van der Waals surface area contributed by atoms with Crippen molar-refractivity contribution >= 4 is 34.1 Å². The molecular formula is C28H26FN3O4S. The number of morpholine rings is 1. The topological polar surface area (TPSA) is 73.7 Å². The Kier molecular flexibility index (Phi) is 7.52. The lowest BCUT2D eigenvalue weighted by atomic mass is 10.1. The summed E-state index contributed by atoms with van der Waals surface area (Å²) in [6, 6.07) is 18.6. The highest BCUT2D eigenvalue weighted by Gasteiger charge is 2.17. The van der Waals surface area contributed by atoms with Crippen molar-refractivity contribution < 1.29 is 18.7 Å². The molecule has 190 valence electrons. The van der Waals surface area contributed by atoms with Gasteiger partial charge in [0, 0.05) is 24.3 Å². The van der Waals surface area contributed by atoms with Gasteiger partial charge in [0.05, 0.1) is 43.5 Å². The molecule has 0 N–H and O–H groups in total. The number of anilines is 1. The van der Waals surface area contributed by atoms with Crippen LogP contribution in [0.3, 0.4) is 0 Å². The number of benzene rings is 3. The fraction of sp³-hybridized carbons (Fsp3) is 0.250. The summed E-state index contributed by atoms with van der Waals surface area (Å²) in [5.41, 5.74) is 2.67. The molecule has 7 nitrogen and oxygen atoms in total. The molecule has 9 heteroatoms. The number of rotatable bonds is 8. The van der Waals surface area contributed by atoms with E-state index in [0.717, 1.165) is 30.1 Å². The van der Waals surface area contributed by atoms with Crippen molar-refractivity contribution in [2.24, 2.45) is 0 Å². The van der Waals surface area contributed by atoms with E-state index in [0.29, 0.717) is 41.4 Å². The van der Waals surface area contributed by atoms with Crippen molar-refractivity contribution in [1.82, 2.24) is 9.55 Å². The Balaban J connectivity index is 1.50. The van der Waals surface area contributed by atoms with E-state index in [-0.39, 0.29) is 17.1 Å². The van der Waals surface area contributed by atoms with E-state index in [1.165, 1.54) is 36.0 Å². The molecule has 0 amide bonds. The van der Waals surface area contributed by atoms with Crippen LogP contribution in [-0.4, -0.2) is 54.5 Å². The zero-order valence-corrected chi connectivity index (χ0v) is 21.2. The fourth-order valence-corrected chi connectivity index (χ4v) is 5.11. The Bertz CT molecular complexity index is 1470. The van der Waals surface area contributed by atoms with E-state index in [2.05, 4.69) is 4.90 Å². The van der Waals surface area contributed by atoms with Gasteiger partial charge in [0.2, 0.25) is 0 Å². The first-order chi connectivity index (χ1) is 18.0. The number of carbonyl (C=O) groups excluding carboxylic acids is 1. The summed E-state index contributed by atoms with van der Waals surface area (Å²) in [6.07, 6.45) is 0. The van der Waals surface area contributed by atoms with Crippen molar-refractivity contribution in [2.45, 2.75) is 11.7 Å². The lowest BCUT2D eigenvalue weighted by molar-refractivity contribution is 0.102.